The molecule has 0 unspecified atom stereocenters. The van der Waals surface area contributed by atoms with Gasteiger partial charge in [0.25, 0.3) is 0 Å². The zero-order valence-corrected chi connectivity index (χ0v) is 13.7. The lowest BCUT2D eigenvalue weighted by Gasteiger charge is -2.22. The van der Waals surface area contributed by atoms with Crippen molar-refractivity contribution >= 4 is 11.3 Å². The van der Waals surface area contributed by atoms with E-state index in [0.717, 1.165) is 18.4 Å². The summed E-state index contributed by atoms with van der Waals surface area (Å²) in [6.07, 6.45) is 2.56. The van der Waals surface area contributed by atoms with Crippen LogP contribution in [0.5, 0.6) is 0 Å². The highest BCUT2D eigenvalue weighted by Crippen LogP contribution is 2.21. The average Bonchev–Trinajstić information content (AvgIpc) is 2.53. The Morgan fingerprint density at radius 3 is 2.00 bits per heavy atom. The van der Waals surface area contributed by atoms with Crippen LogP contribution in [-0.4, -0.2) is 6.04 Å². The van der Waals surface area contributed by atoms with Crippen molar-refractivity contribution < 1.29 is 0 Å². The first kappa shape index (κ1) is 15.7. The molecule has 1 N–H and O–H groups in total. The van der Waals surface area contributed by atoms with Crippen molar-refractivity contribution in [3.8, 4) is 0 Å². The predicted molar refractivity (Wildman–Crippen MR) is 83.3 cm³/mol. The molecular weight excluding hydrogens is 238 g/mol. The van der Waals surface area contributed by atoms with Gasteiger partial charge < -0.3 is 5.32 Å². The lowest BCUT2D eigenvalue weighted by molar-refractivity contribution is 0.359. The fourth-order valence-electron chi connectivity index (χ4n) is 2.38. The second-order valence-electron chi connectivity index (χ2n) is 6.29. The third-order valence-electron chi connectivity index (χ3n) is 3.29. The highest BCUT2D eigenvalue weighted by atomic mass is 32.1. The molecule has 18 heavy (non-hydrogen) atoms. The molecule has 0 aromatic carbocycles. The largest absolute Gasteiger partial charge is 0.309 e. The van der Waals surface area contributed by atoms with E-state index in [1.54, 1.807) is 0 Å². The van der Waals surface area contributed by atoms with Crippen LogP contribution in [0.1, 0.15) is 55.9 Å². The van der Waals surface area contributed by atoms with Crippen LogP contribution in [0.4, 0.5) is 0 Å². The molecule has 1 rings (SSSR count). The highest BCUT2D eigenvalue weighted by Gasteiger charge is 2.13. The summed E-state index contributed by atoms with van der Waals surface area (Å²) in [6.45, 7) is 14.7. The van der Waals surface area contributed by atoms with Crippen LogP contribution in [-0.2, 0) is 6.54 Å². The van der Waals surface area contributed by atoms with Crippen LogP contribution in [0.25, 0.3) is 0 Å². The van der Waals surface area contributed by atoms with Gasteiger partial charge in [-0.25, -0.2) is 0 Å². The quantitative estimate of drug-likeness (QED) is 0.739. The molecule has 0 aliphatic rings. The molecule has 1 aromatic heterocycles. The molecule has 0 saturated heterocycles. The Morgan fingerprint density at radius 2 is 1.61 bits per heavy atom. The lowest BCUT2D eigenvalue weighted by Crippen LogP contribution is -2.31. The molecular formula is C16H29NS. The Labute approximate surface area is 117 Å². The van der Waals surface area contributed by atoms with Crippen LogP contribution in [0, 0.1) is 25.7 Å². The van der Waals surface area contributed by atoms with E-state index in [4.69, 9.17) is 0 Å². The summed E-state index contributed by atoms with van der Waals surface area (Å²) >= 11 is 1.93. The summed E-state index contributed by atoms with van der Waals surface area (Å²) in [4.78, 5) is 2.93. The number of rotatable bonds is 7. The standard InChI is InChI=1S/C16H29NS/c1-11(2)7-15(8-12(3)4)17-10-16-9-13(5)14(6)18-16/h9,11-12,15,17H,7-8,10H2,1-6H3. The van der Waals surface area contributed by atoms with E-state index in [0.29, 0.717) is 6.04 Å². The normalized spacial score (nSPS) is 12.1. The van der Waals surface area contributed by atoms with E-state index in [9.17, 15) is 0 Å². The van der Waals surface area contributed by atoms with E-state index < -0.39 is 0 Å². The minimum absolute atomic E-state index is 0.660. The molecule has 2 heteroatoms. The van der Waals surface area contributed by atoms with Crippen molar-refractivity contribution in [3.05, 3.63) is 21.4 Å². The van der Waals surface area contributed by atoms with Gasteiger partial charge in [-0.2, -0.15) is 0 Å². The van der Waals surface area contributed by atoms with Crippen molar-refractivity contribution in [3.63, 3.8) is 0 Å². The minimum Gasteiger partial charge on any atom is -0.309 e. The van der Waals surface area contributed by atoms with Crippen molar-refractivity contribution in [2.75, 3.05) is 0 Å². The predicted octanol–water partition coefficient (Wildman–Crippen LogP) is 4.92. The van der Waals surface area contributed by atoms with Gasteiger partial charge in [0.15, 0.2) is 0 Å². The summed E-state index contributed by atoms with van der Waals surface area (Å²) in [5.74, 6) is 1.54. The topological polar surface area (TPSA) is 12.0 Å². The number of hydrogen-bond acceptors (Lipinski definition) is 2. The third-order valence-corrected chi connectivity index (χ3v) is 4.45. The van der Waals surface area contributed by atoms with Crippen molar-refractivity contribution in [1.29, 1.82) is 0 Å². The number of nitrogens with one attached hydrogen (secondary N) is 1. The zero-order valence-electron chi connectivity index (χ0n) is 12.8. The Morgan fingerprint density at radius 1 is 1.06 bits per heavy atom. The van der Waals surface area contributed by atoms with E-state index >= 15 is 0 Å². The van der Waals surface area contributed by atoms with Gasteiger partial charge in [-0.1, -0.05) is 27.7 Å². The second-order valence-corrected chi connectivity index (χ2v) is 7.63. The van der Waals surface area contributed by atoms with Crippen molar-refractivity contribution in [2.24, 2.45) is 11.8 Å². The van der Waals surface area contributed by atoms with Gasteiger partial charge in [0.1, 0.15) is 0 Å². The van der Waals surface area contributed by atoms with Gasteiger partial charge >= 0.3 is 0 Å². The maximum atomic E-state index is 3.75. The SMILES string of the molecule is Cc1cc(CNC(CC(C)C)CC(C)C)sc1C. The first-order valence-corrected chi connectivity index (χ1v) is 7.99. The van der Waals surface area contributed by atoms with Crippen LogP contribution in [0.3, 0.4) is 0 Å². The summed E-state index contributed by atoms with van der Waals surface area (Å²) in [5, 5.41) is 3.75. The van der Waals surface area contributed by atoms with E-state index in [-0.39, 0.29) is 0 Å². The Hall–Kier alpha value is -0.340. The Bertz CT molecular complexity index is 322. The molecule has 104 valence electrons. The molecule has 0 radical (unpaired) electrons. The van der Waals surface area contributed by atoms with E-state index in [1.165, 1.54) is 28.2 Å². The van der Waals surface area contributed by atoms with Gasteiger partial charge in [-0.05, 0) is 50.2 Å². The zero-order chi connectivity index (χ0) is 13.7. The maximum Gasteiger partial charge on any atom is 0.0302 e. The molecule has 1 nitrogen and oxygen atoms in total. The van der Waals surface area contributed by atoms with Crippen molar-refractivity contribution in [1.82, 2.24) is 5.32 Å². The van der Waals surface area contributed by atoms with Crippen molar-refractivity contribution in [2.45, 2.75) is 67.0 Å². The van der Waals surface area contributed by atoms with Gasteiger partial charge in [-0.15, -0.1) is 11.3 Å². The van der Waals surface area contributed by atoms with Gasteiger partial charge in [-0.3, -0.25) is 0 Å². The number of aryl methyl sites for hydroxylation is 2. The minimum atomic E-state index is 0.660. The summed E-state index contributed by atoms with van der Waals surface area (Å²) in [5.41, 5.74) is 1.43. The molecule has 0 fully saturated rings. The third kappa shape index (κ3) is 5.53. The van der Waals surface area contributed by atoms with Gasteiger partial charge in [0.2, 0.25) is 0 Å². The molecule has 1 heterocycles. The molecule has 0 aliphatic carbocycles. The smallest absolute Gasteiger partial charge is 0.0302 e. The first-order chi connectivity index (χ1) is 8.38. The molecule has 0 aliphatic heterocycles. The van der Waals surface area contributed by atoms with Gasteiger partial charge in [0.05, 0.1) is 0 Å². The second kappa shape index (κ2) is 7.30. The van der Waals surface area contributed by atoms with Gasteiger partial charge in [0, 0.05) is 22.3 Å². The molecule has 1 aromatic rings. The fraction of sp³-hybridized carbons (Fsp3) is 0.750. The molecule has 0 saturated carbocycles. The van der Waals surface area contributed by atoms with Crippen LogP contribution >= 0.6 is 11.3 Å². The summed E-state index contributed by atoms with van der Waals surface area (Å²) in [6, 6.07) is 2.99. The molecule has 0 spiro atoms. The Balaban J connectivity index is 2.50. The lowest BCUT2D eigenvalue weighted by atomic mass is 9.95. The summed E-state index contributed by atoms with van der Waals surface area (Å²) in [7, 11) is 0. The first-order valence-electron chi connectivity index (χ1n) is 7.17. The number of hydrogen-bond donors (Lipinski definition) is 1. The monoisotopic (exact) mass is 267 g/mol. The van der Waals surface area contributed by atoms with E-state index in [2.05, 4.69) is 52.9 Å². The van der Waals surface area contributed by atoms with E-state index in [1.807, 2.05) is 11.3 Å². The van der Waals surface area contributed by atoms with Crippen LogP contribution < -0.4 is 5.32 Å². The average molecular weight is 267 g/mol. The van der Waals surface area contributed by atoms with Crippen LogP contribution in [0.15, 0.2) is 6.07 Å². The molecule has 0 amide bonds. The molecule has 0 atom stereocenters. The number of thiophene rings is 1. The summed E-state index contributed by atoms with van der Waals surface area (Å²) < 4.78 is 0. The molecule has 0 bridgehead atoms. The highest BCUT2D eigenvalue weighted by molar-refractivity contribution is 7.12. The maximum absolute atomic E-state index is 3.75. The Kier molecular flexibility index (Phi) is 6.37. The van der Waals surface area contributed by atoms with Crippen LogP contribution in [0.2, 0.25) is 0 Å². The fourth-order valence-corrected chi connectivity index (χ4v) is 3.39.